The monoisotopic (exact) mass is 697 g/mol. The summed E-state index contributed by atoms with van der Waals surface area (Å²) in [6.45, 7) is 5.78. The van der Waals surface area contributed by atoms with Crippen LogP contribution in [-0.4, -0.2) is 46.4 Å². The number of benzene rings is 1. The molecule has 0 spiro atoms. The molecule has 248 valence electrons. The van der Waals surface area contributed by atoms with Gasteiger partial charge in [-0.15, -0.1) is 22.7 Å². The molecule has 2 N–H and O–H groups in total. The van der Waals surface area contributed by atoms with Crippen LogP contribution in [-0.2, 0) is 47.1 Å². The van der Waals surface area contributed by atoms with Gasteiger partial charge in [0.1, 0.15) is 15.6 Å². The van der Waals surface area contributed by atoms with E-state index < -0.39 is 38.2 Å². The molecule has 6 rings (SSSR count). The maximum Gasteiger partial charge on any atom is 0.341 e. The highest BCUT2D eigenvalue weighted by molar-refractivity contribution is 7.89. The molecule has 0 unspecified atom stereocenters. The number of hydrogen-bond donors (Lipinski definition) is 2. The molecule has 3 aromatic heterocycles. The van der Waals surface area contributed by atoms with Crippen LogP contribution in [0.3, 0.4) is 0 Å². The van der Waals surface area contributed by atoms with E-state index in [1.165, 1.54) is 51.2 Å². The molecule has 0 fully saturated rings. The third kappa shape index (κ3) is 6.70. The molecule has 0 saturated heterocycles. The fourth-order valence-corrected chi connectivity index (χ4v) is 10.2. The van der Waals surface area contributed by atoms with Crippen LogP contribution in [0.2, 0.25) is 0 Å². The molecule has 4 aromatic rings. The second-order valence-electron chi connectivity index (χ2n) is 12.4. The van der Waals surface area contributed by atoms with Gasteiger partial charge < -0.3 is 14.6 Å². The van der Waals surface area contributed by atoms with Gasteiger partial charge in [-0.1, -0.05) is 12.1 Å². The summed E-state index contributed by atoms with van der Waals surface area (Å²) in [5.41, 5.74) is 2.03. The van der Waals surface area contributed by atoms with Crippen LogP contribution < -0.4 is 10.6 Å². The van der Waals surface area contributed by atoms with E-state index in [-0.39, 0.29) is 24.5 Å². The van der Waals surface area contributed by atoms with Crippen LogP contribution in [0.5, 0.6) is 0 Å². The van der Waals surface area contributed by atoms with Crippen LogP contribution in [0.25, 0.3) is 5.00 Å². The molecule has 1 aliphatic heterocycles. The quantitative estimate of drug-likeness (QED) is 0.123. The van der Waals surface area contributed by atoms with Crippen molar-refractivity contribution < 1.29 is 27.7 Å². The van der Waals surface area contributed by atoms with Crippen LogP contribution in [0.4, 0.5) is 15.5 Å². The summed E-state index contributed by atoms with van der Waals surface area (Å²) >= 11 is 2.84. The topological polar surface area (TPSA) is 153 Å². The van der Waals surface area contributed by atoms with Crippen LogP contribution in [0, 0.1) is 10.1 Å². The highest BCUT2D eigenvalue weighted by atomic mass is 32.2. The van der Waals surface area contributed by atoms with Gasteiger partial charge in [-0.3, -0.25) is 15.4 Å². The first-order chi connectivity index (χ1) is 22.3. The van der Waals surface area contributed by atoms with Crippen molar-refractivity contribution in [2.45, 2.75) is 76.5 Å². The molecule has 47 heavy (non-hydrogen) atoms. The highest BCUT2D eigenvalue weighted by Crippen LogP contribution is 2.40. The Kier molecular flexibility index (Phi) is 9.00. The van der Waals surface area contributed by atoms with E-state index in [1.807, 2.05) is 49.9 Å². The number of urea groups is 1. The molecule has 2 amide bonds. The van der Waals surface area contributed by atoms with Gasteiger partial charge in [0.2, 0.25) is 10.0 Å². The standard InChI is InChI=1S/C32H35N5O7S3/c1-32(2,3)44-30(38)27-21-10-4-6-12-24(21)45-28(27)34-31(39)33-18-22-20-14-17-36(19-25(20)46-29(22)35-15-8-9-16-35)47(42,43)26-13-7-5-11-23(26)37(40)41/h5,7-9,11,13,15-16H,4,6,10,12,14,17-19H2,1-3H3,(H2,33,34,39). The van der Waals surface area contributed by atoms with Crippen molar-refractivity contribution >= 4 is 55.4 Å². The first-order valence-electron chi connectivity index (χ1n) is 15.3. The normalized spacial score (nSPS) is 15.0. The lowest BCUT2D eigenvalue weighted by Gasteiger charge is -2.26. The number of para-hydroxylation sites is 1. The van der Waals surface area contributed by atoms with Gasteiger partial charge in [0, 0.05) is 53.4 Å². The number of rotatable bonds is 8. The first kappa shape index (κ1) is 32.9. The highest BCUT2D eigenvalue weighted by Gasteiger charge is 2.36. The van der Waals surface area contributed by atoms with Crippen LogP contribution >= 0.6 is 22.7 Å². The van der Waals surface area contributed by atoms with E-state index in [2.05, 4.69) is 10.6 Å². The number of nitrogens with zero attached hydrogens (tertiary/aromatic N) is 3. The van der Waals surface area contributed by atoms with Gasteiger partial charge in [0.15, 0.2) is 4.90 Å². The third-order valence-electron chi connectivity index (χ3n) is 8.06. The average molecular weight is 698 g/mol. The summed E-state index contributed by atoms with van der Waals surface area (Å²) in [7, 11) is -4.15. The minimum atomic E-state index is -4.15. The maximum atomic E-state index is 13.6. The van der Waals surface area contributed by atoms with Gasteiger partial charge in [-0.2, -0.15) is 4.31 Å². The van der Waals surface area contributed by atoms with Gasteiger partial charge >= 0.3 is 12.0 Å². The number of amides is 2. The lowest BCUT2D eigenvalue weighted by Crippen LogP contribution is -2.36. The van der Waals surface area contributed by atoms with Crippen molar-refractivity contribution in [3.8, 4) is 5.00 Å². The number of sulfonamides is 1. The summed E-state index contributed by atoms with van der Waals surface area (Å²) < 4.78 is 36.1. The number of nitrogens with one attached hydrogen (secondary N) is 2. The predicted molar refractivity (Wildman–Crippen MR) is 180 cm³/mol. The van der Waals surface area contributed by atoms with Crippen molar-refractivity contribution in [1.29, 1.82) is 0 Å². The van der Waals surface area contributed by atoms with Crippen molar-refractivity contribution in [3.63, 3.8) is 0 Å². The number of nitro benzene ring substituents is 1. The smallest absolute Gasteiger partial charge is 0.341 e. The molecule has 12 nitrogen and oxygen atoms in total. The lowest BCUT2D eigenvalue weighted by molar-refractivity contribution is -0.387. The molecule has 0 atom stereocenters. The zero-order chi connectivity index (χ0) is 33.5. The Bertz CT molecular complexity index is 1960. The predicted octanol–water partition coefficient (Wildman–Crippen LogP) is 6.41. The minimum Gasteiger partial charge on any atom is -0.456 e. The van der Waals surface area contributed by atoms with Crippen molar-refractivity contribution in [2.75, 3.05) is 11.9 Å². The molecule has 2 aliphatic rings. The van der Waals surface area contributed by atoms with E-state index in [9.17, 15) is 28.1 Å². The molecular formula is C32H35N5O7S3. The molecule has 15 heteroatoms. The molecule has 0 radical (unpaired) electrons. The van der Waals surface area contributed by atoms with E-state index in [4.69, 9.17) is 4.74 Å². The minimum absolute atomic E-state index is 0.0504. The lowest BCUT2D eigenvalue weighted by atomic mass is 9.95. The molecular weight excluding hydrogens is 663 g/mol. The number of nitro groups is 1. The van der Waals surface area contributed by atoms with Gasteiger partial charge in [-0.25, -0.2) is 18.0 Å². The number of aromatic nitrogens is 1. The number of carbonyl (C=O) groups is 2. The summed E-state index contributed by atoms with van der Waals surface area (Å²) in [5.74, 6) is -0.450. The number of fused-ring (bicyclic) bond motifs is 2. The van der Waals surface area contributed by atoms with Gasteiger partial charge in [0.05, 0.1) is 10.5 Å². The maximum absolute atomic E-state index is 13.6. The molecule has 4 heterocycles. The molecule has 0 saturated carbocycles. The molecule has 1 aliphatic carbocycles. The SMILES string of the molecule is CC(C)(C)OC(=O)c1c(NC(=O)NCc2c(-n3cccc3)sc3c2CCN(S(=O)(=O)c2ccccc2[N+](=O)[O-])C3)sc2c1CCCC2. The Labute approximate surface area is 280 Å². The van der Waals surface area contributed by atoms with E-state index in [0.29, 0.717) is 17.0 Å². The second-order valence-corrected chi connectivity index (χ2v) is 16.5. The molecule has 0 bridgehead atoms. The second kappa shape index (κ2) is 12.9. The largest absolute Gasteiger partial charge is 0.456 e. The van der Waals surface area contributed by atoms with Crippen molar-refractivity contribution in [2.24, 2.45) is 0 Å². The number of ether oxygens (including phenoxy) is 1. The average Bonchev–Trinajstić information content (AvgIpc) is 3.76. The Morgan fingerprint density at radius 3 is 2.45 bits per heavy atom. The van der Waals surface area contributed by atoms with E-state index >= 15 is 0 Å². The van der Waals surface area contributed by atoms with Crippen LogP contribution in [0.15, 0.2) is 53.7 Å². The number of thiophene rings is 2. The Balaban J connectivity index is 1.24. The van der Waals surface area contributed by atoms with E-state index in [1.54, 1.807) is 0 Å². The van der Waals surface area contributed by atoms with Crippen LogP contribution in [0.1, 0.15) is 70.4 Å². The fourth-order valence-electron chi connectivity index (χ4n) is 5.98. The van der Waals surface area contributed by atoms with Gasteiger partial charge in [-0.05, 0) is 82.2 Å². The van der Waals surface area contributed by atoms with E-state index in [0.717, 1.165) is 57.1 Å². The number of aryl methyl sites for hydroxylation is 1. The van der Waals surface area contributed by atoms with Crippen molar-refractivity contribution in [3.05, 3.63) is 90.9 Å². The third-order valence-corrected chi connectivity index (χ3v) is 12.4. The number of carbonyl (C=O) groups excluding carboxylic acids is 2. The Morgan fingerprint density at radius 2 is 1.72 bits per heavy atom. The summed E-state index contributed by atoms with van der Waals surface area (Å²) in [6, 6.07) is 8.65. The zero-order valence-electron chi connectivity index (χ0n) is 26.2. The number of hydrogen-bond acceptors (Lipinski definition) is 9. The van der Waals surface area contributed by atoms with Gasteiger partial charge in [0.25, 0.3) is 5.69 Å². The molecule has 1 aromatic carbocycles. The number of anilines is 1. The van der Waals surface area contributed by atoms with Crippen molar-refractivity contribution in [1.82, 2.24) is 14.2 Å². The summed E-state index contributed by atoms with van der Waals surface area (Å²) in [5, 5.41) is 18.8. The first-order valence-corrected chi connectivity index (χ1v) is 18.3. The number of esters is 1. The fraction of sp³-hybridized carbons (Fsp3) is 0.375. The zero-order valence-corrected chi connectivity index (χ0v) is 28.6. The summed E-state index contributed by atoms with van der Waals surface area (Å²) in [6.07, 6.45) is 7.74. The Morgan fingerprint density at radius 1 is 1.00 bits per heavy atom. The summed E-state index contributed by atoms with van der Waals surface area (Å²) in [4.78, 5) is 39.1. The Hall–Kier alpha value is -4.05.